The van der Waals surface area contributed by atoms with Crippen molar-refractivity contribution in [2.24, 2.45) is 0 Å². The van der Waals surface area contributed by atoms with Crippen LogP contribution >= 0.6 is 0 Å². The van der Waals surface area contributed by atoms with Gasteiger partial charge in [0.2, 0.25) is 0 Å². The normalized spacial score (nSPS) is 9.70. The number of hydrogen-bond acceptors (Lipinski definition) is 2. The summed E-state index contributed by atoms with van der Waals surface area (Å²) in [6.07, 6.45) is 1.97. The zero-order valence-electron chi connectivity index (χ0n) is 5.74. The van der Waals surface area contributed by atoms with Crippen LogP contribution in [0, 0.1) is 0 Å². The van der Waals surface area contributed by atoms with Gasteiger partial charge >= 0.3 is 0 Å². The van der Waals surface area contributed by atoms with Crippen LogP contribution in [0.3, 0.4) is 0 Å². The van der Waals surface area contributed by atoms with Crippen molar-refractivity contribution in [1.29, 1.82) is 0 Å². The monoisotopic (exact) mass is 139 g/mol. The van der Waals surface area contributed by atoms with Gasteiger partial charge in [-0.15, -0.1) is 0 Å². The fourth-order valence-electron chi connectivity index (χ4n) is 0.796. The molecule has 10 heavy (non-hydrogen) atoms. The molecule has 1 heterocycles. The largest absolute Gasteiger partial charge is 0.425 e. The Bertz CT molecular complexity index is 277. The van der Waals surface area contributed by atoms with Crippen LogP contribution < -0.4 is 5.56 Å². The number of hydrogen-bond donors (Lipinski definition) is 1. The van der Waals surface area contributed by atoms with Crippen LogP contribution in [-0.2, 0) is 6.42 Å². The molecule has 0 amide bonds. The molecule has 3 heteroatoms. The van der Waals surface area contributed by atoms with Gasteiger partial charge in [-0.3, -0.25) is 4.79 Å². The molecule has 0 atom stereocenters. The van der Waals surface area contributed by atoms with Crippen LogP contribution in [0.1, 0.15) is 12.5 Å². The van der Waals surface area contributed by atoms with Gasteiger partial charge in [0, 0.05) is 11.8 Å². The Morgan fingerprint density at radius 3 is 2.90 bits per heavy atom. The molecule has 1 aromatic rings. The van der Waals surface area contributed by atoms with Crippen molar-refractivity contribution < 1.29 is 5.21 Å². The Kier molecular flexibility index (Phi) is 1.76. The third kappa shape index (κ3) is 1.03. The Hall–Kier alpha value is -1.25. The van der Waals surface area contributed by atoms with Gasteiger partial charge < -0.3 is 5.21 Å². The molecule has 0 radical (unpaired) electrons. The zero-order valence-corrected chi connectivity index (χ0v) is 5.74. The summed E-state index contributed by atoms with van der Waals surface area (Å²) in [6, 6.07) is 3.34. The first-order chi connectivity index (χ1) is 4.75. The van der Waals surface area contributed by atoms with E-state index in [4.69, 9.17) is 5.21 Å². The molecule has 1 rings (SSSR count). The molecule has 0 aromatic carbocycles. The topological polar surface area (TPSA) is 42.2 Å². The lowest BCUT2D eigenvalue weighted by Gasteiger charge is -1.96. The Morgan fingerprint density at radius 1 is 1.70 bits per heavy atom. The third-order valence-corrected chi connectivity index (χ3v) is 1.39. The average Bonchev–Trinajstić information content (AvgIpc) is 1.95. The number of pyridine rings is 1. The second-order valence-corrected chi connectivity index (χ2v) is 2.04. The van der Waals surface area contributed by atoms with Gasteiger partial charge in [0.05, 0.1) is 0 Å². The summed E-state index contributed by atoms with van der Waals surface area (Å²) in [5.41, 5.74) is 0.301. The molecule has 0 aliphatic heterocycles. The van der Waals surface area contributed by atoms with Crippen molar-refractivity contribution >= 4 is 0 Å². The average molecular weight is 139 g/mol. The molecule has 0 fully saturated rings. The van der Waals surface area contributed by atoms with E-state index in [-0.39, 0.29) is 5.56 Å². The zero-order chi connectivity index (χ0) is 7.56. The molecular weight excluding hydrogens is 130 g/mol. The highest BCUT2D eigenvalue weighted by Crippen LogP contribution is 1.89. The van der Waals surface area contributed by atoms with Gasteiger partial charge in [-0.05, 0) is 12.5 Å². The molecule has 1 N–H and O–H groups in total. The quantitative estimate of drug-likeness (QED) is 0.580. The number of aromatic nitrogens is 1. The van der Waals surface area contributed by atoms with E-state index in [0.29, 0.717) is 16.7 Å². The van der Waals surface area contributed by atoms with E-state index in [0.717, 1.165) is 0 Å². The third-order valence-electron chi connectivity index (χ3n) is 1.39. The molecule has 3 nitrogen and oxygen atoms in total. The van der Waals surface area contributed by atoms with Crippen LogP contribution in [0.25, 0.3) is 0 Å². The predicted molar refractivity (Wildman–Crippen MR) is 37.3 cm³/mol. The molecule has 0 bridgehead atoms. The van der Waals surface area contributed by atoms with Crippen molar-refractivity contribution in [1.82, 2.24) is 4.73 Å². The Labute approximate surface area is 58.5 Å². The molecule has 1 aromatic heterocycles. The molecule has 54 valence electrons. The lowest BCUT2D eigenvalue weighted by Crippen LogP contribution is -2.19. The first-order valence-electron chi connectivity index (χ1n) is 3.15. The number of aryl methyl sites for hydroxylation is 1. The fraction of sp³-hybridized carbons (Fsp3) is 0.286. The van der Waals surface area contributed by atoms with Gasteiger partial charge in [-0.1, -0.05) is 13.0 Å². The van der Waals surface area contributed by atoms with Crippen LogP contribution in [0.4, 0.5) is 0 Å². The maximum atomic E-state index is 10.9. The van der Waals surface area contributed by atoms with E-state index >= 15 is 0 Å². The van der Waals surface area contributed by atoms with Crippen LogP contribution in [0.2, 0.25) is 0 Å². The first kappa shape index (κ1) is 6.86. The van der Waals surface area contributed by atoms with E-state index in [9.17, 15) is 4.79 Å². The maximum Gasteiger partial charge on any atom is 0.285 e. The van der Waals surface area contributed by atoms with Gasteiger partial charge in [-0.2, -0.15) is 4.73 Å². The van der Waals surface area contributed by atoms with Gasteiger partial charge in [0.1, 0.15) is 0 Å². The summed E-state index contributed by atoms with van der Waals surface area (Å²) in [7, 11) is 0. The molecule has 0 aliphatic carbocycles. The van der Waals surface area contributed by atoms with Crippen molar-refractivity contribution in [3.05, 3.63) is 34.2 Å². The van der Waals surface area contributed by atoms with Crippen molar-refractivity contribution in [2.75, 3.05) is 0 Å². The lowest BCUT2D eigenvalue weighted by molar-refractivity contribution is 0.174. The summed E-state index contributed by atoms with van der Waals surface area (Å²) in [6.45, 7) is 1.87. The highest BCUT2D eigenvalue weighted by atomic mass is 16.5. The first-order valence-corrected chi connectivity index (χ1v) is 3.15. The molecule has 0 unspecified atom stereocenters. The SMILES string of the molecule is CCc1cccn(O)c1=O. The summed E-state index contributed by atoms with van der Waals surface area (Å²) >= 11 is 0. The minimum absolute atomic E-state index is 0.329. The lowest BCUT2D eigenvalue weighted by atomic mass is 10.2. The minimum Gasteiger partial charge on any atom is -0.425 e. The standard InChI is InChI=1S/C7H9NO2/c1-2-6-4-3-5-8(10)7(6)9/h3-5,10H,2H2,1H3. The van der Waals surface area contributed by atoms with Crippen molar-refractivity contribution in [2.45, 2.75) is 13.3 Å². The predicted octanol–water partition coefficient (Wildman–Crippen LogP) is 0.648. The van der Waals surface area contributed by atoms with E-state index in [1.54, 1.807) is 12.1 Å². The summed E-state index contributed by atoms with van der Waals surface area (Å²) in [5.74, 6) is 0. The maximum absolute atomic E-state index is 10.9. The number of nitrogens with zero attached hydrogens (tertiary/aromatic N) is 1. The Morgan fingerprint density at radius 2 is 2.40 bits per heavy atom. The second-order valence-electron chi connectivity index (χ2n) is 2.04. The summed E-state index contributed by atoms with van der Waals surface area (Å²) in [5, 5.41) is 8.84. The van der Waals surface area contributed by atoms with Gasteiger partial charge in [0.15, 0.2) is 0 Å². The van der Waals surface area contributed by atoms with Crippen LogP contribution in [0.5, 0.6) is 0 Å². The highest BCUT2D eigenvalue weighted by molar-refractivity contribution is 5.08. The fourth-order valence-corrected chi connectivity index (χ4v) is 0.796. The van der Waals surface area contributed by atoms with Crippen LogP contribution in [0.15, 0.2) is 23.1 Å². The van der Waals surface area contributed by atoms with Crippen molar-refractivity contribution in [3.8, 4) is 0 Å². The van der Waals surface area contributed by atoms with E-state index in [2.05, 4.69) is 0 Å². The van der Waals surface area contributed by atoms with E-state index in [1.807, 2.05) is 6.92 Å². The Balaban J connectivity index is 3.28. The minimum atomic E-state index is -0.329. The summed E-state index contributed by atoms with van der Waals surface area (Å²) in [4.78, 5) is 10.9. The molecule has 0 spiro atoms. The highest BCUT2D eigenvalue weighted by Gasteiger charge is 1.96. The second kappa shape index (κ2) is 2.56. The smallest absolute Gasteiger partial charge is 0.285 e. The number of rotatable bonds is 1. The van der Waals surface area contributed by atoms with E-state index < -0.39 is 0 Å². The summed E-state index contributed by atoms with van der Waals surface area (Å²) < 4.78 is 0.596. The van der Waals surface area contributed by atoms with Crippen molar-refractivity contribution in [3.63, 3.8) is 0 Å². The van der Waals surface area contributed by atoms with Gasteiger partial charge in [-0.25, -0.2) is 0 Å². The van der Waals surface area contributed by atoms with E-state index in [1.165, 1.54) is 6.20 Å². The molecular formula is C7H9NO2. The van der Waals surface area contributed by atoms with Crippen LogP contribution in [-0.4, -0.2) is 9.94 Å². The molecule has 0 aliphatic rings. The molecule has 0 saturated carbocycles. The van der Waals surface area contributed by atoms with Gasteiger partial charge in [0.25, 0.3) is 5.56 Å². The molecule has 0 saturated heterocycles.